The minimum Gasteiger partial charge on any atom is -0.399 e. The monoisotopic (exact) mass is 288 g/mol. The molecule has 3 aromatic carbocycles. The molecular formula is C19H16N2O. The Kier molecular flexibility index (Phi) is 2.86. The predicted octanol–water partition coefficient (Wildman–Crippen LogP) is 3.18. The normalized spacial score (nSPS) is 17.1. The highest BCUT2D eigenvalue weighted by Crippen LogP contribution is 2.33. The molecule has 1 aliphatic rings. The first kappa shape index (κ1) is 12.9. The van der Waals surface area contributed by atoms with E-state index < -0.39 is 0 Å². The van der Waals surface area contributed by atoms with E-state index in [2.05, 4.69) is 29.6 Å². The molecule has 1 atom stereocenters. The van der Waals surface area contributed by atoms with Crippen molar-refractivity contribution < 1.29 is 4.79 Å². The van der Waals surface area contributed by atoms with Crippen LogP contribution in [0.15, 0.2) is 60.7 Å². The lowest BCUT2D eigenvalue weighted by Gasteiger charge is -2.28. The molecule has 0 bridgehead atoms. The molecule has 3 nitrogen and oxygen atoms in total. The summed E-state index contributed by atoms with van der Waals surface area (Å²) in [6, 6.07) is 20.0. The quantitative estimate of drug-likeness (QED) is 0.676. The van der Waals surface area contributed by atoms with E-state index >= 15 is 0 Å². The lowest BCUT2D eigenvalue weighted by Crippen LogP contribution is -2.35. The second-order valence-corrected chi connectivity index (χ2v) is 5.70. The summed E-state index contributed by atoms with van der Waals surface area (Å²) in [5.41, 5.74) is 9.84. The Morgan fingerprint density at radius 3 is 2.55 bits per heavy atom. The highest BCUT2D eigenvalue weighted by atomic mass is 16.1. The molecule has 1 amide bonds. The van der Waals surface area contributed by atoms with Gasteiger partial charge in [0, 0.05) is 5.69 Å². The van der Waals surface area contributed by atoms with E-state index in [1.54, 1.807) is 0 Å². The van der Waals surface area contributed by atoms with Crippen LogP contribution in [0, 0.1) is 0 Å². The molecule has 0 aromatic heterocycles. The van der Waals surface area contributed by atoms with Crippen LogP contribution in [0.2, 0.25) is 0 Å². The fourth-order valence-corrected chi connectivity index (χ4v) is 3.22. The molecule has 3 heteroatoms. The molecule has 3 N–H and O–H groups in total. The van der Waals surface area contributed by atoms with Gasteiger partial charge < -0.3 is 11.1 Å². The Balaban J connectivity index is 1.92. The van der Waals surface area contributed by atoms with E-state index in [-0.39, 0.29) is 11.9 Å². The topological polar surface area (TPSA) is 55.1 Å². The van der Waals surface area contributed by atoms with E-state index in [1.807, 2.05) is 36.4 Å². The molecule has 1 heterocycles. The minimum absolute atomic E-state index is 0.0608. The number of hydrogen-bond donors (Lipinski definition) is 2. The summed E-state index contributed by atoms with van der Waals surface area (Å²) in [4.78, 5) is 12.2. The number of rotatable bonds is 1. The van der Waals surface area contributed by atoms with Crippen molar-refractivity contribution in [2.24, 2.45) is 0 Å². The van der Waals surface area contributed by atoms with Gasteiger partial charge in [0.2, 0.25) is 5.91 Å². The van der Waals surface area contributed by atoms with Gasteiger partial charge >= 0.3 is 0 Å². The lowest BCUT2D eigenvalue weighted by molar-refractivity contribution is -0.121. The summed E-state index contributed by atoms with van der Waals surface area (Å²) in [7, 11) is 0. The molecule has 4 rings (SSSR count). The van der Waals surface area contributed by atoms with Gasteiger partial charge in [-0.05, 0) is 39.6 Å². The fraction of sp³-hybridized carbons (Fsp3) is 0.105. The molecule has 0 aliphatic carbocycles. The summed E-state index contributed by atoms with van der Waals surface area (Å²) >= 11 is 0. The van der Waals surface area contributed by atoms with Crippen LogP contribution in [-0.4, -0.2) is 5.91 Å². The number of carbonyl (C=O) groups excluding carboxylic acids is 1. The Morgan fingerprint density at radius 1 is 0.955 bits per heavy atom. The van der Waals surface area contributed by atoms with Gasteiger partial charge in [0.05, 0.1) is 12.5 Å². The molecule has 0 saturated heterocycles. The number of benzene rings is 3. The molecule has 0 fully saturated rings. The van der Waals surface area contributed by atoms with E-state index in [4.69, 9.17) is 5.73 Å². The number of nitrogens with two attached hydrogens (primary N) is 1. The summed E-state index contributed by atoms with van der Waals surface area (Å²) in [5.74, 6) is 0.0608. The van der Waals surface area contributed by atoms with Crippen LogP contribution in [0.4, 0.5) is 5.69 Å². The minimum atomic E-state index is -0.110. The van der Waals surface area contributed by atoms with E-state index in [0.717, 1.165) is 22.2 Å². The molecule has 22 heavy (non-hydrogen) atoms. The first-order valence-electron chi connectivity index (χ1n) is 7.38. The average molecular weight is 288 g/mol. The maximum absolute atomic E-state index is 12.2. The van der Waals surface area contributed by atoms with E-state index in [1.165, 1.54) is 10.9 Å². The van der Waals surface area contributed by atoms with Crippen LogP contribution in [-0.2, 0) is 11.2 Å². The van der Waals surface area contributed by atoms with Gasteiger partial charge in [-0.15, -0.1) is 0 Å². The maximum Gasteiger partial charge on any atom is 0.225 e. The largest absolute Gasteiger partial charge is 0.399 e. The van der Waals surface area contributed by atoms with Gasteiger partial charge in [-0.2, -0.15) is 0 Å². The van der Waals surface area contributed by atoms with Crippen LogP contribution in [0.5, 0.6) is 0 Å². The first-order chi connectivity index (χ1) is 10.7. The first-order valence-corrected chi connectivity index (χ1v) is 7.38. The number of fused-ring (bicyclic) bond motifs is 3. The van der Waals surface area contributed by atoms with Crippen LogP contribution in [0.1, 0.15) is 22.7 Å². The van der Waals surface area contributed by atoms with Crippen molar-refractivity contribution in [3.05, 3.63) is 77.4 Å². The Labute approximate surface area is 128 Å². The van der Waals surface area contributed by atoms with Crippen molar-refractivity contribution in [1.82, 2.24) is 5.32 Å². The molecule has 3 aromatic rings. The third kappa shape index (κ3) is 2.02. The van der Waals surface area contributed by atoms with Gasteiger partial charge in [0.15, 0.2) is 0 Å². The van der Waals surface area contributed by atoms with Crippen LogP contribution in [0.25, 0.3) is 10.8 Å². The number of nitrogens with one attached hydrogen (secondary N) is 1. The second kappa shape index (κ2) is 4.88. The molecule has 0 spiro atoms. The van der Waals surface area contributed by atoms with Crippen molar-refractivity contribution in [1.29, 1.82) is 0 Å². The number of nitrogen functional groups attached to an aromatic ring is 1. The summed E-state index contributed by atoms with van der Waals surface area (Å²) < 4.78 is 0. The molecule has 0 unspecified atom stereocenters. The SMILES string of the molecule is Nc1ccc([C@H]2NC(=O)Cc3c2ccc2ccccc32)cc1. The van der Waals surface area contributed by atoms with E-state index in [9.17, 15) is 4.79 Å². The summed E-state index contributed by atoms with van der Waals surface area (Å²) in [6.45, 7) is 0. The Morgan fingerprint density at radius 2 is 1.73 bits per heavy atom. The smallest absolute Gasteiger partial charge is 0.225 e. The Hall–Kier alpha value is -2.81. The van der Waals surface area contributed by atoms with Gasteiger partial charge in [-0.3, -0.25) is 4.79 Å². The zero-order valence-electron chi connectivity index (χ0n) is 12.0. The molecule has 108 valence electrons. The van der Waals surface area contributed by atoms with E-state index in [0.29, 0.717) is 6.42 Å². The third-order valence-corrected chi connectivity index (χ3v) is 4.30. The van der Waals surface area contributed by atoms with Crippen LogP contribution < -0.4 is 11.1 Å². The maximum atomic E-state index is 12.2. The standard InChI is InChI=1S/C19H16N2O/c20-14-8-5-13(6-9-14)19-16-10-7-12-3-1-2-4-15(12)17(16)11-18(22)21-19/h1-10,19H,11,20H2,(H,21,22)/t19-/m1/s1. The highest BCUT2D eigenvalue weighted by molar-refractivity contribution is 5.93. The number of hydrogen-bond acceptors (Lipinski definition) is 2. The zero-order valence-corrected chi connectivity index (χ0v) is 12.0. The molecular weight excluding hydrogens is 272 g/mol. The van der Waals surface area contributed by atoms with Gasteiger partial charge in [0.25, 0.3) is 0 Å². The molecule has 0 radical (unpaired) electrons. The van der Waals surface area contributed by atoms with Crippen molar-refractivity contribution in [2.75, 3.05) is 5.73 Å². The van der Waals surface area contributed by atoms with Crippen molar-refractivity contribution in [2.45, 2.75) is 12.5 Å². The van der Waals surface area contributed by atoms with Crippen molar-refractivity contribution in [3.63, 3.8) is 0 Å². The molecule has 1 aliphatic heterocycles. The number of amides is 1. The summed E-state index contributed by atoms with van der Waals surface area (Å²) in [5, 5.41) is 5.43. The Bertz CT molecular complexity index is 868. The fourth-order valence-electron chi connectivity index (χ4n) is 3.22. The van der Waals surface area contributed by atoms with Crippen LogP contribution >= 0.6 is 0 Å². The molecule has 0 saturated carbocycles. The highest BCUT2D eigenvalue weighted by Gasteiger charge is 2.26. The van der Waals surface area contributed by atoms with Crippen LogP contribution in [0.3, 0.4) is 0 Å². The van der Waals surface area contributed by atoms with Gasteiger partial charge in [-0.25, -0.2) is 0 Å². The van der Waals surface area contributed by atoms with Crippen molar-refractivity contribution >= 4 is 22.4 Å². The van der Waals surface area contributed by atoms with Gasteiger partial charge in [0.1, 0.15) is 0 Å². The number of carbonyl (C=O) groups is 1. The van der Waals surface area contributed by atoms with Gasteiger partial charge in [-0.1, -0.05) is 48.5 Å². The summed E-state index contributed by atoms with van der Waals surface area (Å²) in [6.07, 6.45) is 0.433. The second-order valence-electron chi connectivity index (χ2n) is 5.70. The third-order valence-electron chi connectivity index (χ3n) is 4.30. The number of anilines is 1. The average Bonchev–Trinajstić information content (AvgIpc) is 2.55. The lowest BCUT2D eigenvalue weighted by atomic mass is 9.86. The van der Waals surface area contributed by atoms with Crippen molar-refractivity contribution in [3.8, 4) is 0 Å². The predicted molar refractivity (Wildman–Crippen MR) is 88.5 cm³/mol. The zero-order chi connectivity index (χ0) is 15.1.